The lowest BCUT2D eigenvalue weighted by Gasteiger charge is -2.10. The van der Waals surface area contributed by atoms with Gasteiger partial charge in [-0.15, -0.1) is 0 Å². The summed E-state index contributed by atoms with van der Waals surface area (Å²) in [4.78, 5) is 21.4. The Kier molecular flexibility index (Phi) is 4.85. The highest BCUT2D eigenvalue weighted by Crippen LogP contribution is 2.16. The van der Waals surface area contributed by atoms with Crippen molar-refractivity contribution >= 4 is 22.0 Å². The summed E-state index contributed by atoms with van der Waals surface area (Å²) in [5, 5.41) is 17.8. The second-order valence-electron chi connectivity index (χ2n) is 4.60. The maximum atomic E-state index is 12.0. The third-order valence-corrected chi connectivity index (χ3v) is 3.80. The van der Waals surface area contributed by atoms with Gasteiger partial charge in [0.1, 0.15) is 0 Å². The number of benzene rings is 1. The molecule has 0 bridgehead atoms. The van der Waals surface area contributed by atoms with Crippen molar-refractivity contribution in [1.29, 1.82) is 0 Å². The Morgan fingerprint density at radius 2 is 1.55 bits per heavy atom. The smallest absolute Gasteiger partial charge is 0.335 e. The van der Waals surface area contributed by atoms with Crippen LogP contribution in [0.3, 0.4) is 0 Å². The molecule has 0 saturated heterocycles. The van der Waals surface area contributed by atoms with E-state index in [1.54, 1.807) is 13.8 Å². The molecule has 8 heteroatoms. The Morgan fingerprint density at radius 1 is 1.10 bits per heavy atom. The Morgan fingerprint density at radius 3 is 1.90 bits per heavy atom. The van der Waals surface area contributed by atoms with E-state index >= 15 is 0 Å². The van der Waals surface area contributed by atoms with Crippen molar-refractivity contribution in [2.75, 3.05) is 6.54 Å². The van der Waals surface area contributed by atoms with Gasteiger partial charge in [-0.2, -0.15) is 0 Å². The summed E-state index contributed by atoms with van der Waals surface area (Å²) in [6.07, 6.45) is 0. The molecule has 0 saturated carbocycles. The van der Waals surface area contributed by atoms with Gasteiger partial charge in [0.25, 0.3) is 0 Å². The minimum atomic E-state index is -3.94. The van der Waals surface area contributed by atoms with Crippen LogP contribution in [0.15, 0.2) is 23.1 Å². The zero-order valence-corrected chi connectivity index (χ0v) is 11.8. The average Bonchev–Trinajstić information content (AvgIpc) is 2.35. The van der Waals surface area contributed by atoms with Crippen molar-refractivity contribution in [2.24, 2.45) is 5.92 Å². The minimum absolute atomic E-state index is 0.0615. The zero-order valence-electron chi connectivity index (χ0n) is 11.0. The summed E-state index contributed by atoms with van der Waals surface area (Å²) in [7, 11) is -3.94. The van der Waals surface area contributed by atoms with Crippen LogP contribution in [0.4, 0.5) is 0 Å². The van der Waals surface area contributed by atoms with Gasteiger partial charge in [0.05, 0.1) is 16.0 Å². The molecule has 0 fully saturated rings. The first-order valence-electron chi connectivity index (χ1n) is 5.75. The molecule has 0 spiro atoms. The average molecular weight is 301 g/mol. The van der Waals surface area contributed by atoms with Crippen molar-refractivity contribution in [2.45, 2.75) is 18.7 Å². The van der Waals surface area contributed by atoms with Crippen LogP contribution in [0.1, 0.15) is 34.6 Å². The standard InChI is InChI=1S/C12H15NO6S/c1-7(2)6-13-20(18,19)10-4-8(11(14)15)3-9(5-10)12(16)17/h3-5,7,13H,6H2,1-2H3,(H,14,15)(H,16,17). The molecule has 0 amide bonds. The Labute approximate surface area is 116 Å². The molecular weight excluding hydrogens is 286 g/mol. The lowest BCUT2D eigenvalue weighted by Crippen LogP contribution is -2.28. The molecule has 0 aliphatic carbocycles. The molecular formula is C12H15NO6S. The first-order valence-corrected chi connectivity index (χ1v) is 7.23. The topological polar surface area (TPSA) is 121 Å². The molecule has 0 aliphatic heterocycles. The van der Waals surface area contributed by atoms with E-state index in [0.29, 0.717) is 0 Å². The molecule has 20 heavy (non-hydrogen) atoms. The number of hydrogen-bond donors (Lipinski definition) is 3. The van der Waals surface area contributed by atoms with Gasteiger partial charge in [-0.25, -0.2) is 22.7 Å². The number of nitrogens with one attached hydrogen (secondary N) is 1. The van der Waals surface area contributed by atoms with Crippen LogP contribution in [0.2, 0.25) is 0 Å². The van der Waals surface area contributed by atoms with Gasteiger partial charge in [-0.05, 0) is 24.1 Å². The summed E-state index contributed by atoms with van der Waals surface area (Å²) in [6, 6.07) is 2.76. The maximum absolute atomic E-state index is 12.0. The first kappa shape index (κ1) is 16.1. The Bertz CT molecular complexity index is 603. The third kappa shape index (κ3) is 4.04. The highest BCUT2D eigenvalue weighted by atomic mass is 32.2. The van der Waals surface area contributed by atoms with E-state index in [4.69, 9.17) is 10.2 Å². The largest absolute Gasteiger partial charge is 0.478 e. The molecule has 3 N–H and O–H groups in total. The number of carboxylic acid groups (broad SMARTS) is 2. The normalized spacial score (nSPS) is 11.6. The summed E-state index contributed by atoms with van der Waals surface area (Å²) >= 11 is 0. The van der Waals surface area contributed by atoms with E-state index in [0.717, 1.165) is 18.2 Å². The molecule has 0 radical (unpaired) electrons. The molecule has 110 valence electrons. The van der Waals surface area contributed by atoms with Crippen molar-refractivity contribution in [3.63, 3.8) is 0 Å². The van der Waals surface area contributed by atoms with Crippen LogP contribution in [-0.4, -0.2) is 37.1 Å². The van der Waals surface area contributed by atoms with E-state index in [1.165, 1.54) is 0 Å². The van der Waals surface area contributed by atoms with E-state index in [-0.39, 0.29) is 17.4 Å². The quantitative estimate of drug-likeness (QED) is 0.721. The number of sulfonamides is 1. The number of carboxylic acids is 2. The van der Waals surface area contributed by atoms with E-state index in [2.05, 4.69) is 4.72 Å². The van der Waals surface area contributed by atoms with Crippen molar-refractivity contribution in [1.82, 2.24) is 4.72 Å². The number of aromatic carboxylic acids is 2. The molecule has 0 atom stereocenters. The molecule has 7 nitrogen and oxygen atoms in total. The van der Waals surface area contributed by atoms with Gasteiger partial charge in [0.15, 0.2) is 0 Å². The fourth-order valence-corrected chi connectivity index (χ4v) is 2.64. The second-order valence-corrected chi connectivity index (χ2v) is 6.37. The molecule has 0 aromatic heterocycles. The lowest BCUT2D eigenvalue weighted by molar-refractivity contribution is 0.0696. The predicted molar refractivity (Wildman–Crippen MR) is 70.4 cm³/mol. The van der Waals surface area contributed by atoms with E-state index in [1.807, 2.05) is 0 Å². The van der Waals surface area contributed by atoms with E-state index < -0.39 is 33.1 Å². The molecule has 1 aromatic rings. The summed E-state index contributed by atoms with van der Waals surface area (Å²) in [5.74, 6) is -2.73. The van der Waals surface area contributed by atoms with Crippen molar-refractivity contribution in [3.8, 4) is 0 Å². The van der Waals surface area contributed by atoms with Crippen LogP contribution < -0.4 is 4.72 Å². The fraction of sp³-hybridized carbons (Fsp3) is 0.333. The number of carbonyl (C=O) groups is 2. The van der Waals surface area contributed by atoms with Crippen LogP contribution in [0, 0.1) is 5.92 Å². The van der Waals surface area contributed by atoms with Gasteiger partial charge < -0.3 is 10.2 Å². The second kappa shape index (κ2) is 6.02. The number of rotatable bonds is 6. The van der Waals surface area contributed by atoms with Crippen LogP contribution in [0.5, 0.6) is 0 Å². The first-order chi connectivity index (χ1) is 9.13. The van der Waals surface area contributed by atoms with Crippen molar-refractivity contribution in [3.05, 3.63) is 29.3 Å². The van der Waals surface area contributed by atoms with Gasteiger partial charge in [0.2, 0.25) is 10.0 Å². The molecule has 1 aromatic carbocycles. The lowest BCUT2D eigenvalue weighted by atomic mass is 10.1. The van der Waals surface area contributed by atoms with Crippen LogP contribution in [-0.2, 0) is 10.0 Å². The highest BCUT2D eigenvalue weighted by molar-refractivity contribution is 7.89. The fourth-order valence-electron chi connectivity index (χ4n) is 1.36. The van der Waals surface area contributed by atoms with Crippen molar-refractivity contribution < 1.29 is 28.2 Å². The minimum Gasteiger partial charge on any atom is -0.478 e. The molecule has 1 rings (SSSR count). The highest BCUT2D eigenvalue weighted by Gasteiger charge is 2.20. The van der Waals surface area contributed by atoms with Gasteiger partial charge in [-0.1, -0.05) is 13.8 Å². The van der Waals surface area contributed by atoms with Gasteiger partial charge in [0, 0.05) is 6.54 Å². The SMILES string of the molecule is CC(C)CNS(=O)(=O)c1cc(C(=O)O)cc(C(=O)O)c1. The zero-order chi connectivity index (χ0) is 15.5. The third-order valence-electron chi connectivity index (χ3n) is 2.39. The summed E-state index contributed by atoms with van der Waals surface area (Å²) < 4.78 is 26.3. The predicted octanol–water partition coefficient (Wildman–Crippen LogP) is 1.02. The summed E-state index contributed by atoms with van der Waals surface area (Å²) in [5.41, 5.74) is -0.787. The van der Waals surface area contributed by atoms with Gasteiger partial charge >= 0.3 is 11.9 Å². The number of hydrogen-bond acceptors (Lipinski definition) is 4. The maximum Gasteiger partial charge on any atom is 0.335 e. The van der Waals surface area contributed by atoms with Crippen LogP contribution >= 0.6 is 0 Å². The van der Waals surface area contributed by atoms with Crippen LogP contribution in [0.25, 0.3) is 0 Å². The Hall–Kier alpha value is -1.93. The monoisotopic (exact) mass is 301 g/mol. The molecule has 0 heterocycles. The van der Waals surface area contributed by atoms with E-state index in [9.17, 15) is 18.0 Å². The van der Waals surface area contributed by atoms with Gasteiger partial charge in [-0.3, -0.25) is 0 Å². The molecule has 0 aliphatic rings. The molecule has 0 unspecified atom stereocenters. The summed E-state index contributed by atoms with van der Waals surface area (Å²) in [6.45, 7) is 3.78. The Balaban J connectivity index is 3.29.